The molecule has 0 aliphatic rings. The Labute approximate surface area is 131 Å². The number of methoxy groups -OCH3 is 1. The van der Waals surface area contributed by atoms with Crippen molar-refractivity contribution in [2.45, 2.75) is 0 Å². The third kappa shape index (κ3) is 2.76. The number of aryl methyl sites for hydroxylation is 1. The summed E-state index contributed by atoms with van der Waals surface area (Å²) in [5.41, 5.74) is 2.17. The molecule has 0 unspecified atom stereocenters. The summed E-state index contributed by atoms with van der Waals surface area (Å²) in [5, 5.41) is 2.71. The molecular weight excluding hydrogens is 296 g/mol. The van der Waals surface area contributed by atoms with Crippen LogP contribution in [0.2, 0.25) is 0 Å². The summed E-state index contributed by atoms with van der Waals surface area (Å²) >= 11 is 0. The van der Waals surface area contributed by atoms with Crippen molar-refractivity contribution >= 4 is 28.9 Å². The largest absolute Gasteiger partial charge is 0.465 e. The first-order valence-electron chi connectivity index (χ1n) is 6.87. The molecule has 1 N–H and O–H groups in total. The second-order valence-corrected chi connectivity index (χ2v) is 4.86. The van der Waals surface area contributed by atoms with Crippen LogP contribution in [0, 0.1) is 0 Å². The van der Waals surface area contributed by atoms with Gasteiger partial charge in [0.25, 0.3) is 5.91 Å². The maximum absolute atomic E-state index is 12.3. The summed E-state index contributed by atoms with van der Waals surface area (Å²) in [7, 11) is 3.10. The van der Waals surface area contributed by atoms with E-state index in [4.69, 9.17) is 0 Å². The Balaban J connectivity index is 1.83. The van der Waals surface area contributed by atoms with Gasteiger partial charge in [-0.1, -0.05) is 12.1 Å². The molecule has 3 aromatic rings. The lowest BCUT2D eigenvalue weighted by molar-refractivity contribution is 0.0600. The lowest BCUT2D eigenvalue weighted by Gasteiger charge is -2.05. The summed E-state index contributed by atoms with van der Waals surface area (Å²) < 4.78 is 6.38. The Morgan fingerprint density at radius 2 is 1.96 bits per heavy atom. The van der Waals surface area contributed by atoms with Gasteiger partial charge in [0.05, 0.1) is 23.7 Å². The molecule has 0 fully saturated rings. The predicted octanol–water partition coefficient (Wildman–Crippen LogP) is 2.01. The van der Waals surface area contributed by atoms with Crippen LogP contribution in [0.5, 0.6) is 0 Å². The first-order valence-corrected chi connectivity index (χ1v) is 6.87. The first kappa shape index (κ1) is 14.7. The minimum absolute atomic E-state index is 0.185. The number of benzene rings is 1. The number of carbonyl (C=O) groups excluding carboxylic acids is 2. The number of para-hydroxylation sites is 2. The van der Waals surface area contributed by atoms with Crippen molar-refractivity contribution in [2.24, 2.45) is 7.05 Å². The molecule has 2 aromatic heterocycles. The quantitative estimate of drug-likeness (QED) is 0.748. The number of ether oxygens (including phenoxy) is 1. The zero-order valence-electron chi connectivity index (χ0n) is 12.6. The molecule has 0 bridgehead atoms. The van der Waals surface area contributed by atoms with E-state index in [0.29, 0.717) is 5.95 Å². The highest BCUT2D eigenvalue weighted by atomic mass is 16.5. The fourth-order valence-corrected chi connectivity index (χ4v) is 2.19. The molecule has 2 heterocycles. The molecule has 7 heteroatoms. The van der Waals surface area contributed by atoms with Crippen molar-refractivity contribution in [2.75, 3.05) is 12.4 Å². The number of carbonyl (C=O) groups is 2. The van der Waals surface area contributed by atoms with Crippen LogP contribution in [0.25, 0.3) is 11.0 Å². The third-order valence-corrected chi connectivity index (χ3v) is 3.43. The van der Waals surface area contributed by atoms with Gasteiger partial charge in [-0.25, -0.2) is 9.78 Å². The number of imidazole rings is 1. The Hall–Kier alpha value is -3.22. The molecule has 0 radical (unpaired) electrons. The van der Waals surface area contributed by atoms with Gasteiger partial charge in [-0.3, -0.25) is 15.1 Å². The average Bonchev–Trinajstić information content (AvgIpc) is 2.90. The predicted molar refractivity (Wildman–Crippen MR) is 84.2 cm³/mol. The fraction of sp³-hybridized carbons (Fsp3) is 0.125. The lowest BCUT2D eigenvalue weighted by Crippen LogP contribution is -2.16. The molecular formula is C16H14N4O3. The van der Waals surface area contributed by atoms with Crippen molar-refractivity contribution in [3.63, 3.8) is 0 Å². The van der Waals surface area contributed by atoms with Crippen LogP contribution in [-0.4, -0.2) is 33.5 Å². The van der Waals surface area contributed by atoms with E-state index in [1.54, 1.807) is 4.57 Å². The Morgan fingerprint density at radius 3 is 2.61 bits per heavy atom. The molecule has 0 saturated heterocycles. The van der Waals surface area contributed by atoms with Crippen LogP contribution in [0.15, 0.2) is 42.6 Å². The highest BCUT2D eigenvalue weighted by molar-refractivity contribution is 6.03. The monoisotopic (exact) mass is 310 g/mol. The van der Waals surface area contributed by atoms with E-state index in [1.165, 1.54) is 25.4 Å². The minimum atomic E-state index is -0.500. The van der Waals surface area contributed by atoms with Crippen molar-refractivity contribution in [1.29, 1.82) is 0 Å². The molecule has 116 valence electrons. The number of amides is 1. The normalized spacial score (nSPS) is 10.5. The number of rotatable bonds is 3. The van der Waals surface area contributed by atoms with Crippen LogP contribution in [0.1, 0.15) is 20.8 Å². The molecule has 1 aromatic carbocycles. The molecule has 0 aliphatic heterocycles. The number of hydrogen-bond acceptors (Lipinski definition) is 5. The lowest BCUT2D eigenvalue weighted by atomic mass is 10.2. The number of esters is 1. The molecule has 1 amide bonds. The number of hydrogen-bond donors (Lipinski definition) is 1. The number of fused-ring (bicyclic) bond motifs is 1. The molecule has 0 spiro atoms. The fourth-order valence-electron chi connectivity index (χ4n) is 2.19. The maximum Gasteiger partial charge on any atom is 0.339 e. The van der Waals surface area contributed by atoms with E-state index < -0.39 is 11.9 Å². The van der Waals surface area contributed by atoms with Gasteiger partial charge in [0.15, 0.2) is 0 Å². The van der Waals surface area contributed by atoms with Crippen LogP contribution >= 0.6 is 0 Å². The summed E-state index contributed by atoms with van der Waals surface area (Å²) in [4.78, 5) is 31.9. The minimum Gasteiger partial charge on any atom is -0.465 e. The second kappa shape index (κ2) is 5.88. The molecule has 0 aliphatic carbocycles. The van der Waals surface area contributed by atoms with Gasteiger partial charge in [0.1, 0.15) is 5.69 Å². The van der Waals surface area contributed by atoms with E-state index in [1.807, 2.05) is 31.3 Å². The highest BCUT2D eigenvalue weighted by Gasteiger charge is 2.14. The molecule has 3 rings (SSSR count). The van der Waals surface area contributed by atoms with Gasteiger partial charge in [-0.05, 0) is 24.3 Å². The van der Waals surface area contributed by atoms with Crippen molar-refractivity contribution in [1.82, 2.24) is 14.5 Å². The smallest absolute Gasteiger partial charge is 0.339 e. The van der Waals surface area contributed by atoms with E-state index in [-0.39, 0.29) is 11.3 Å². The number of pyridine rings is 1. The third-order valence-electron chi connectivity index (χ3n) is 3.43. The van der Waals surface area contributed by atoms with Crippen molar-refractivity contribution in [3.05, 3.63) is 53.9 Å². The zero-order chi connectivity index (χ0) is 16.4. The van der Waals surface area contributed by atoms with Gasteiger partial charge < -0.3 is 9.30 Å². The number of anilines is 1. The number of aromatic nitrogens is 3. The summed E-state index contributed by atoms with van der Waals surface area (Å²) in [6.45, 7) is 0. The van der Waals surface area contributed by atoms with Gasteiger partial charge in [-0.15, -0.1) is 0 Å². The summed E-state index contributed by atoms with van der Waals surface area (Å²) in [5.74, 6) is -0.477. The molecule has 7 nitrogen and oxygen atoms in total. The summed E-state index contributed by atoms with van der Waals surface area (Å²) in [6, 6.07) is 10.5. The second-order valence-electron chi connectivity index (χ2n) is 4.86. The van der Waals surface area contributed by atoms with Crippen LogP contribution in [0.4, 0.5) is 5.95 Å². The standard InChI is InChI=1S/C16H14N4O3/c1-20-13-6-4-3-5-11(13)18-16(20)19-14(21)12-8-7-10(9-17-12)15(22)23-2/h3-9H,1-2H3,(H,18,19,21). The van der Waals surface area contributed by atoms with E-state index in [0.717, 1.165) is 11.0 Å². The first-order chi connectivity index (χ1) is 11.1. The topological polar surface area (TPSA) is 86.1 Å². The van der Waals surface area contributed by atoms with Gasteiger partial charge >= 0.3 is 5.97 Å². The summed E-state index contributed by atoms with van der Waals surface area (Å²) in [6.07, 6.45) is 1.30. The van der Waals surface area contributed by atoms with E-state index >= 15 is 0 Å². The number of nitrogens with zero attached hydrogens (tertiary/aromatic N) is 3. The Bertz CT molecular complexity index is 884. The molecule has 23 heavy (non-hydrogen) atoms. The molecule has 0 atom stereocenters. The maximum atomic E-state index is 12.3. The Morgan fingerprint density at radius 1 is 1.17 bits per heavy atom. The highest BCUT2D eigenvalue weighted by Crippen LogP contribution is 2.18. The van der Waals surface area contributed by atoms with Crippen molar-refractivity contribution < 1.29 is 14.3 Å². The zero-order valence-corrected chi connectivity index (χ0v) is 12.6. The van der Waals surface area contributed by atoms with E-state index in [2.05, 4.69) is 20.0 Å². The van der Waals surface area contributed by atoms with Crippen LogP contribution in [-0.2, 0) is 11.8 Å². The number of nitrogens with one attached hydrogen (secondary N) is 1. The Kier molecular flexibility index (Phi) is 3.76. The van der Waals surface area contributed by atoms with E-state index in [9.17, 15) is 9.59 Å². The molecule has 0 saturated carbocycles. The van der Waals surface area contributed by atoms with Crippen LogP contribution in [0.3, 0.4) is 0 Å². The van der Waals surface area contributed by atoms with Crippen LogP contribution < -0.4 is 5.32 Å². The average molecular weight is 310 g/mol. The SMILES string of the molecule is COC(=O)c1ccc(C(=O)Nc2nc3ccccc3n2C)nc1. The van der Waals surface area contributed by atoms with Gasteiger partial charge in [-0.2, -0.15) is 0 Å². The van der Waals surface area contributed by atoms with Gasteiger partial charge in [0, 0.05) is 13.2 Å². The van der Waals surface area contributed by atoms with Gasteiger partial charge in [0.2, 0.25) is 5.95 Å². The van der Waals surface area contributed by atoms with Crippen molar-refractivity contribution in [3.8, 4) is 0 Å².